The fourth-order valence-electron chi connectivity index (χ4n) is 1.72. The van der Waals surface area contributed by atoms with Gasteiger partial charge in [-0.2, -0.15) is 0 Å². The van der Waals surface area contributed by atoms with Gasteiger partial charge in [0, 0.05) is 0 Å². The van der Waals surface area contributed by atoms with Gasteiger partial charge < -0.3 is 9.47 Å². The second-order valence-corrected chi connectivity index (χ2v) is 4.53. The van der Waals surface area contributed by atoms with E-state index in [9.17, 15) is 4.79 Å². The van der Waals surface area contributed by atoms with Gasteiger partial charge in [-0.05, 0) is 37.5 Å². The number of unbranched alkanes of at least 4 members (excludes halogenated alkanes) is 2. The van der Waals surface area contributed by atoms with Crippen molar-refractivity contribution in [2.45, 2.75) is 39.5 Å². The van der Waals surface area contributed by atoms with Crippen LogP contribution in [-0.4, -0.2) is 13.1 Å². The normalized spacial score (nSPS) is 11.2. The third-order valence-electron chi connectivity index (χ3n) is 2.82. The van der Waals surface area contributed by atoms with Gasteiger partial charge in [-0.3, -0.25) is 0 Å². The molecule has 3 heteroatoms. The molecule has 0 N–H and O–H groups in total. The number of hydrogen-bond donors (Lipinski definition) is 0. The zero-order valence-electron chi connectivity index (χ0n) is 11.9. The Morgan fingerprint density at radius 1 is 1.21 bits per heavy atom. The van der Waals surface area contributed by atoms with Crippen molar-refractivity contribution >= 4 is 5.97 Å². The van der Waals surface area contributed by atoms with E-state index in [2.05, 4.69) is 6.92 Å². The molecule has 1 aromatic carbocycles. The summed E-state index contributed by atoms with van der Waals surface area (Å²) >= 11 is 0. The van der Waals surface area contributed by atoms with Crippen molar-refractivity contribution in [2.24, 2.45) is 0 Å². The number of carbonyl (C=O) groups is 1. The second-order valence-electron chi connectivity index (χ2n) is 4.53. The topological polar surface area (TPSA) is 35.5 Å². The third-order valence-corrected chi connectivity index (χ3v) is 2.82. The van der Waals surface area contributed by atoms with Gasteiger partial charge in [-0.25, -0.2) is 4.79 Å². The highest BCUT2D eigenvalue weighted by molar-refractivity contribution is 5.89. The van der Waals surface area contributed by atoms with Crippen molar-refractivity contribution in [3.8, 4) is 5.75 Å². The molecule has 3 nitrogen and oxygen atoms in total. The van der Waals surface area contributed by atoms with Crippen LogP contribution in [0.3, 0.4) is 0 Å². The molecule has 0 aliphatic heterocycles. The summed E-state index contributed by atoms with van der Waals surface area (Å²) in [4.78, 5) is 11.6. The van der Waals surface area contributed by atoms with Crippen LogP contribution in [0.25, 0.3) is 0 Å². The Kier molecular flexibility index (Phi) is 6.72. The van der Waals surface area contributed by atoms with Crippen molar-refractivity contribution in [2.75, 3.05) is 7.11 Å². The van der Waals surface area contributed by atoms with Gasteiger partial charge in [0.2, 0.25) is 0 Å². The minimum atomic E-state index is -0.388. The first-order valence-electron chi connectivity index (χ1n) is 6.68. The minimum absolute atomic E-state index is 0.388. The molecular formula is C16H22O3. The molecule has 1 aromatic rings. The highest BCUT2D eigenvalue weighted by Gasteiger charge is 2.07. The summed E-state index contributed by atoms with van der Waals surface area (Å²) in [5, 5.41) is 0. The Morgan fingerprint density at radius 3 is 2.47 bits per heavy atom. The van der Waals surface area contributed by atoms with Crippen LogP contribution in [0.5, 0.6) is 5.75 Å². The predicted octanol–water partition coefficient (Wildman–Crippen LogP) is 3.87. The SMILES string of the molecule is CCCCCc1ccc(OC(=O)C(C)=COC)cc1. The summed E-state index contributed by atoms with van der Waals surface area (Å²) in [5.74, 6) is 0.175. The lowest BCUT2D eigenvalue weighted by Gasteiger charge is -2.06. The van der Waals surface area contributed by atoms with Crippen molar-refractivity contribution in [1.29, 1.82) is 0 Å². The molecule has 0 aliphatic carbocycles. The summed E-state index contributed by atoms with van der Waals surface area (Å²) in [6.07, 6.45) is 6.12. The summed E-state index contributed by atoms with van der Waals surface area (Å²) in [5.41, 5.74) is 1.71. The van der Waals surface area contributed by atoms with E-state index in [1.807, 2.05) is 24.3 Å². The van der Waals surface area contributed by atoms with E-state index in [1.165, 1.54) is 38.2 Å². The summed E-state index contributed by atoms with van der Waals surface area (Å²) in [6, 6.07) is 7.68. The second kappa shape index (κ2) is 8.35. The molecule has 0 aliphatic rings. The first-order valence-corrected chi connectivity index (χ1v) is 6.68. The monoisotopic (exact) mass is 262 g/mol. The molecule has 0 bridgehead atoms. The molecule has 104 valence electrons. The standard InChI is InChI=1S/C16H22O3/c1-4-5-6-7-14-8-10-15(11-9-14)19-16(17)13(2)12-18-3/h8-12H,4-7H2,1-3H3. The van der Waals surface area contributed by atoms with Crippen molar-refractivity contribution < 1.29 is 14.3 Å². The van der Waals surface area contributed by atoms with E-state index in [0.717, 1.165) is 6.42 Å². The fourth-order valence-corrected chi connectivity index (χ4v) is 1.72. The summed E-state index contributed by atoms with van der Waals surface area (Å²) in [6.45, 7) is 3.85. The van der Waals surface area contributed by atoms with Crippen LogP contribution in [0.2, 0.25) is 0 Å². The number of ether oxygens (including phenoxy) is 2. The smallest absolute Gasteiger partial charge is 0.342 e. The molecule has 19 heavy (non-hydrogen) atoms. The Bertz CT molecular complexity index is 418. The lowest BCUT2D eigenvalue weighted by atomic mass is 10.1. The van der Waals surface area contributed by atoms with E-state index in [4.69, 9.17) is 9.47 Å². The predicted molar refractivity (Wildman–Crippen MR) is 76.1 cm³/mol. The van der Waals surface area contributed by atoms with Gasteiger partial charge in [-0.1, -0.05) is 31.9 Å². The molecule has 0 heterocycles. The zero-order valence-corrected chi connectivity index (χ0v) is 11.9. The van der Waals surface area contributed by atoms with Crippen LogP contribution < -0.4 is 4.74 Å². The maximum absolute atomic E-state index is 11.6. The molecule has 0 radical (unpaired) electrons. The van der Waals surface area contributed by atoms with E-state index < -0.39 is 0 Å². The lowest BCUT2D eigenvalue weighted by molar-refractivity contribution is -0.130. The minimum Gasteiger partial charge on any atom is -0.504 e. The largest absolute Gasteiger partial charge is 0.504 e. The third kappa shape index (κ3) is 5.60. The highest BCUT2D eigenvalue weighted by atomic mass is 16.5. The first-order chi connectivity index (χ1) is 9.17. The summed E-state index contributed by atoms with van der Waals surface area (Å²) in [7, 11) is 1.50. The quantitative estimate of drug-likeness (QED) is 0.246. The molecule has 0 unspecified atom stereocenters. The van der Waals surface area contributed by atoms with Gasteiger partial charge in [0.05, 0.1) is 18.9 Å². The van der Waals surface area contributed by atoms with Crippen molar-refractivity contribution in [3.63, 3.8) is 0 Å². The van der Waals surface area contributed by atoms with Gasteiger partial charge in [0.1, 0.15) is 5.75 Å². The molecule has 0 saturated carbocycles. The van der Waals surface area contributed by atoms with Crippen LogP contribution in [0.4, 0.5) is 0 Å². The maximum Gasteiger partial charge on any atom is 0.342 e. The number of esters is 1. The van der Waals surface area contributed by atoms with E-state index in [0.29, 0.717) is 11.3 Å². The van der Waals surface area contributed by atoms with Gasteiger partial charge in [-0.15, -0.1) is 0 Å². The van der Waals surface area contributed by atoms with Crippen LogP contribution >= 0.6 is 0 Å². The Balaban J connectivity index is 2.52. The Morgan fingerprint density at radius 2 is 1.89 bits per heavy atom. The summed E-state index contributed by atoms with van der Waals surface area (Å²) < 4.78 is 10.00. The number of benzene rings is 1. The van der Waals surface area contributed by atoms with Crippen molar-refractivity contribution in [3.05, 3.63) is 41.7 Å². The van der Waals surface area contributed by atoms with E-state index >= 15 is 0 Å². The molecule has 0 saturated heterocycles. The molecule has 0 amide bonds. The number of rotatable bonds is 7. The van der Waals surface area contributed by atoms with E-state index in [-0.39, 0.29) is 5.97 Å². The molecular weight excluding hydrogens is 240 g/mol. The first kappa shape index (κ1) is 15.3. The number of methoxy groups -OCH3 is 1. The molecule has 0 fully saturated rings. The number of hydrogen-bond acceptors (Lipinski definition) is 3. The van der Waals surface area contributed by atoms with Crippen LogP contribution in [-0.2, 0) is 16.0 Å². The van der Waals surface area contributed by atoms with Gasteiger partial charge >= 0.3 is 5.97 Å². The lowest BCUT2D eigenvalue weighted by Crippen LogP contribution is -2.09. The Hall–Kier alpha value is -1.77. The van der Waals surface area contributed by atoms with Crippen LogP contribution in [0.1, 0.15) is 38.7 Å². The maximum atomic E-state index is 11.6. The average molecular weight is 262 g/mol. The van der Waals surface area contributed by atoms with Crippen LogP contribution in [0.15, 0.2) is 36.1 Å². The molecule has 0 atom stereocenters. The van der Waals surface area contributed by atoms with Gasteiger partial charge in [0.15, 0.2) is 0 Å². The fraction of sp³-hybridized carbons (Fsp3) is 0.438. The number of carbonyl (C=O) groups excluding carboxylic acids is 1. The highest BCUT2D eigenvalue weighted by Crippen LogP contribution is 2.15. The van der Waals surface area contributed by atoms with E-state index in [1.54, 1.807) is 6.92 Å². The Labute approximate surface area is 115 Å². The average Bonchev–Trinajstić information content (AvgIpc) is 2.41. The molecule has 0 aromatic heterocycles. The molecule has 0 spiro atoms. The van der Waals surface area contributed by atoms with Crippen molar-refractivity contribution in [1.82, 2.24) is 0 Å². The van der Waals surface area contributed by atoms with Crippen LogP contribution in [0, 0.1) is 0 Å². The molecule has 1 rings (SSSR count). The zero-order chi connectivity index (χ0) is 14.1. The number of aryl methyl sites for hydroxylation is 1. The van der Waals surface area contributed by atoms with Gasteiger partial charge in [0.25, 0.3) is 0 Å².